The molecule has 2 bridgehead atoms. The van der Waals surface area contributed by atoms with Gasteiger partial charge in [-0.1, -0.05) is 44.2 Å². The SMILES string of the molecule is NC(=O)[C@H](CO)Nc1nc2ccccc2n(C2C[C@H]3CC[C@@H](C2)N3C2CCCCCCC2)c1=O. The van der Waals surface area contributed by atoms with E-state index in [9.17, 15) is 14.7 Å². The second kappa shape index (κ2) is 10.0. The topological polar surface area (TPSA) is 113 Å². The predicted molar refractivity (Wildman–Crippen MR) is 133 cm³/mol. The molecule has 2 aromatic rings. The Labute approximate surface area is 200 Å². The number of primary amides is 1. The van der Waals surface area contributed by atoms with E-state index >= 15 is 0 Å². The van der Waals surface area contributed by atoms with Gasteiger partial charge < -0.3 is 20.7 Å². The van der Waals surface area contributed by atoms with Gasteiger partial charge in [0.2, 0.25) is 5.91 Å². The van der Waals surface area contributed by atoms with Crippen molar-refractivity contribution in [1.82, 2.24) is 14.5 Å². The van der Waals surface area contributed by atoms with Crippen LogP contribution in [-0.4, -0.2) is 56.2 Å². The Morgan fingerprint density at radius 2 is 1.65 bits per heavy atom. The van der Waals surface area contributed by atoms with Crippen molar-refractivity contribution in [3.63, 3.8) is 0 Å². The molecule has 0 spiro atoms. The van der Waals surface area contributed by atoms with Crippen molar-refractivity contribution in [2.45, 2.75) is 101 Å². The van der Waals surface area contributed by atoms with E-state index < -0.39 is 18.6 Å². The Kier molecular flexibility index (Phi) is 6.88. The highest BCUT2D eigenvalue weighted by molar-refractivity contribution is 5.83. The average molecular weight is 468 g/mol. The van der Waals surface area contributed by atoms with E-state index in [0.29, 0.717) is 23.6 Å². The minimum atomic E-state index is -1.05. The van der Waals surface area contributed by atoms with Crippen molar-refractivity contribution in [3.8, 4) is 0 Å². The van der Waals surface area contributed by atoms with Crippen molar-refractivity contribution in [1.29, 1.82) is 0 Å². The summed E-state index contributed by atoms with van der Waals surface area (Å²) < 4.78 is 1.89. The van der Waals surface area contributed by atoms with Crippen molar-refractivity contribution in [2.75, 3.05) is 11.9 Å². The van der Waals surface area contributed by atoms with E-state index in [4.69, 9.17) is 5.73 Å². The van der Waals surface area contributed by atoms with Gasteiger partial charge in [-0.3, -0.25) is 14.5 Å². The van der Waals surface area contributed by atoms with Gasteiger partial charge in [-0.25, -0.2) is 4.98 Å². The number of piperidine rings is 1. The Balaban J connectivity index is 1.46. The molecule has 2 aliphatic heterocycles. The molecular formula is C26H37N5O3. The number of hydrogen-bond donors (Lipinski definition) is 3. The third kappa shape index (κ3) is 4.45. The number of anilines is 1. The fourth-order valence-corrected chi connectivity index (χ4v) is 6.71. The molecule has 8 nitrogen and oxygen atoms in total. The van der Waals surface area contributed by atoms with Crippen LogP contribution in [-0.2, 0) is 4.79 Å². The number of nitrogens with two attached hydrogens (primary N) is 1. The molecule has 8 heteroatoms. The quantitative estimate of drug-likeness (QED) is 0.602. The number of aromatic nitrogens is 2. The minimum Gasteiger partial charge on any atom is -0.394 e. The first-order valence-electron chi connectivity index (χ1n) is 13.0. The summed E-state index contributed by atoms with van der Waals surface area (Å²) in [4.78, 5) is 32.6. The maximum absolute atomic E-state index is 13.6. The largest absolute Gasteiger partial charge is 0.394 e. The van der Waals surface area contributed by atoms with Crippen LogP contribution in [0.3, 0.4) is 0 Å². The third-order valence-corrected chi connectivity index (χ3v) is 8.26. The van der Waals surface area contributed by atoms with Crippen LogP contribution in [0.25, 0.3) is 11.0 Å². The molecular weight excluding hydrogens is 430 g/mol. The zero-order valence-corrected chi connectivity index (χ0v) is 19.9. The first-order chi connectivity index (χ1) is 16.6. The Hall–Kier alpha value is -2.45. The number of nitrogens with zero attached hydrogens (tertiary/aromatic N) is 3. The van der Waals surface area contributed by atoms with Gasteiger partial charge in [0.25, 0.3) is 5.56 Å². The molecule has 2 saturated heterocycles. The Morgan fingerprint density at radius 1 is 1.00 bits per heavy atom. The molecule has 3 fully saturated rings. The molecule has 1 amide bonds. The van der Waals surface area contributed by atoms with E-state index in [1.54, 1.807) is 0 Å². The lowest BCUT2D eigenvalue weighted by Gasteiger charge is -2.45. The molecule has 5 rings (SSSR count). The number of nitrogens with one attached hydrogen (secondary N) is 1. The van der Waals surface area contributed by atoms with E-state index in [0.717, 1.165) is 18.4 Å². The zero-order valence-electron chi connectivity index (χ0n) is 19.9. The van der Waals surface area contributed by atoms with Gasteiger partial charge in [0.1, 0.15) is 6.04 Å². The van der Waals surface area contributed by atoms with Gasteiger partial charge in [0.05, 0.1) is 17.6 Å². The third-order valence-electron chi connectivity index (χ3n) is 8.26. The lowest BCUT2D eigenvalue weighted by molar-refractivity contribution is -0.119. The van der Waals surface area contributed by atoms with Gasteiger partial charge in [-0.05, 0) is 50.7 Å². The average Bonchev–Trinajstić information content (AvgIpc) is 3.06. The highest BCUT2D eigenvalue weighted by Crippen LogP contribution is 2.44. The maximum atomic E-state index is 13.6. The van der Waals surface area contributed by atoms with Crippen molar-refractivity contribution >= 4 is 22.8 Å². The van der Waals surface area contributed by atoms with Crippen LogP contribution >= 0.6 is 0 Å². The van der Waals surface area contributed by atoms with Crippen LogP contribution < -0.4 is 16.6 Å². The molecule has 1 saturated carbocycles. The summed E-state index contributed by atoms with van der Waals surface area (Å²) in [6, 6.07) is 8.41. The summed E-state index contributed by atoms with van der Waals surface area (Å²) in [6.07, 6.45) is 13.7. The van der Waals surface area contributed by atoms with Crippen LogP contribution in [0.1, 0.15) is 76.7 Å². The molecule has 1 aromatic carbocycles. The van der Waals surface area contributed by atoms with E-state index in [1.807, 2.05) is 28.8 Å². The number of amides is 1. The molecule has 4 atom stereocenters. The summed E-state index contributed by atoms with van der Waals surface area (Å²) in [7, 11) is 0. The first-order valence-corrected chi connectivity index (χ1v) is 13.0. The second-order valence-electron chi connectivity index (χ2n) is 10.4. The zero-order chi connectivity index (χ0) is 23.7. The molecule has 184 valence electrons. The minimum absolute atomic E-state index is 0.0753. The number of carbonyl (C=O) groups excluding carboxylic acids is 1. The number of rotatable bonds is 6. The summed E-state index contributed by atoms with van der Waals surface area (Å²) in [5.41, 5.74) is 6.65. The van der Waals surface area contributed by atoms with Crippen LogP contribution in [0.5, 0.6) is 0 Å². The molecule has 0 radical (unpaired) electrons. The lowest BCUT2D eigenvalue weighted by atomic mass is 9.89. The fourth-order valence-electron chi connectivity index (χ4n) is 6.71. The van der Waals surface area contributed by atoms with E-state index in [2.05, 4.69) is 15.2 Å². The molecule has 3 heterocycles. The normalized spacial score (nSPS) is 27.3. The number of benzene rings is 1. The number of fused-ring (bicyclic) bond motifs is 3. The molecule has 1 aromatic heterocycles. The smallest absolute Gasteiger partial charge is 0.294 e. The number of aliphatic hydroxyl groups is 1. The highest BCUT2D eigenvalue weighted by Gasteiger charge is 2.44. The number of hydrogen-bond acceptors (Lipinski definition) is 6. The number of aliphatic hydroxyl groups excluding tert-OH is 1. The van der Waals surface area contributed by atoms with Crippen LogP contribution in [0.4, 0.5) is 5.82 Å². The van der Waals surface area contributed by atoms with Gasteiger partial charge in [0.15, 0.2) is 5.82 Å². The van der Waals surface area contributed by atoms with E-state index in [1.165, 1.54) is 57.8 Å². The summed E-state index contributed by atoms with van der Waals surface area (Å²) in [5, 5.41) is 12.3. The highest BCUT2D eigenvalue weighted by atomic mass is 16.3. The molecule has 4 N–H and O–H groups in total. The predicted octanol–water partition coefficient (Wildman–Crippen LogP) is 2.94. The lowest BCUT2D eigenvalue weighted by Crippen LogP contribution is -2.50. The first kappa shape index (κ1) is 23.3. The standard InChI is InChI=1S/C26H37N5O3/c27-24(33)22(16-32)29-25-26(34)31(23-11-7-6-10-21(23)28-25)20-14-18-12-13-19(15-20)30(18)17-8-4-2-1-3-5-9-17/h6-7,10-11,17-20,22,32H,1-5,8-9,12-16H2,(H2,27,33)(H,28,29)/t18-,19+,20?,22-/m0/s1. The van der Waals surface area contributed by atoms with Gasteiger partial charge in [-0.2, -0.15) is 0 Å². The summed E-state index contributed by atoms with van der Waals surface area (Å²) >= 11 is 0. The molecule has 34 heavy (non-hydrogen) atoms. The van der Waals surface area contributed by atoms with Crippen LogP contribution in [0, 0.1) is 0 Å². The van der Waals surface area contributed by atoms with Gasteiger partial charge >= 0.3 is 0 Å². The van der Waals surface area contributed by atoms with Crippen molar-refractivity contribution in [2.24, 2.45) is 5.73 Å². The molecule has 1 unspecified atom stereocenters. The Morgan fingerprint density at radius 3 is 2.29 bits per heavy atom. The summed E-state index contributed by atoms with van der Waals surface area (Å²) in [6.45, 7) is -0.493. The summed E-state index contributed by atoms with van der Waals surface area (Å²) in [5.74, 6) is -0.639. The number of para-hydroxylation sites is 2. The van der Waals surface area contributed by atoms with Crippen LogP contribution in [0.2, 0.25) is 0 Å². The molecule has 3 aliphatic rings. The van der Waals surface area contributed by atoms with Crippen molar-refractivity contribution in [3.05, 3.63) is 34.6 Å². The Bertz CT molecular complexity index is 1060. The van der Waals surface area contributed by atoms with Crippen LogP contribution in [0.15, 0.2) is 29.1 Å². The number of carbonyl (C=O) groups is 1. The molecule has 1 aliphatic carbocycles. The van der Waals surface area contributed by atoms with Gasteiger partial charge in [0, 0.05) is 24.2 Å². The van der Waals surface area contributed by atoms with E-state index in [-0.39, 0.29) is 17.4 Å². The maximum Gasteiger partial charge on any atom is 0.294 e. The van der Waals surface area contributed by atoms with Crippen molar-refractivity contribution < 1.29 is 9.90 Å². The monoisotopic (exact) mass is 467 g/mol. The fraction of sp³-hybridized carbons (Fsp3) is 0.654. The second-order valence-corrected chi connectivity index (χ2v) is 10.4. The van der Waals surface area contributed by atoms with Gasteiger partial charge in [-0.15, -0.1) is 0 Å².